The van der Waals surface area contributed by atoms with Gasteiger partial charge in [-0.15, -0.1) is 12.4 Å². The van der Waals surface area contributed by atoms with E-state index in [0.717, 1.165) is 66.6 Å². The van der Waals surface area contributed by atoms with Crippen LogP contribution < -0.4 is 15.8 Å². The predicted octanol–water partition coefficient (Wildman–Crippen LogP) is 6.29. The van der Waals surface area contributed by atoms with Gasteiger partial charge in [-0.25, -0.2) is 0 Å². The number of hydrogen-bond acceptors (Lipinski definition) is 7. The van der Waals surface area contributed by atoms with Crippen molar-refractivity contribution in [1.29, 1.82) is 0 Å². The van der Waals surface area contributed by atoms with Gasteiger partial charge in [0.2, 0.25) is 0 Å². The third-order valence-corrected chi connectivity index (χ3v) is 8.37. The van der Waals surface area contributed by atoms with Gasteiger partial charge in [-0.2, -0.15) is 0 Å². The second-order valence-corrected chi connectivity index (χ2v) is 11.3. The summed E-state index contributed by atoms with van der Waals surface area (Å²) in [6.07, 6.45) is 8.48. The number of ketones is 1. The fourth-order valence-corrected chi connectivity index (χ4v) is 6.22. The van der Waals surface area contributed by atoms with Crippen molar-refractivity contribution in [2.75, 3.05) is 32.1 Å². The van der Waals surface area contributed by atoms with E-state index >= 15 is 0 Å². The van der Waals surface area contributed by atoms with Crippen molar-refractivity contribution in [3.8, 4) is 22.6 Å². The number of nitrogens with two attached hydrogens (primary N) is 1. The quantitative estimate of drug-likeness (QED) is 0.286. The van der Waals surface area contributed by atoms with Crippen molar-refractivity contribution >= 4 is 46.4 Å². The number of benzene rings is 2. The number of pyridine rings is 1. The van der Waals surface area contributed by atoms with Crippen molar-refractivity contribution in [1.82, 2.24) is 9.88 Å². The van der Waals surface area contributed by atoms with E-state index in [9.17, 15) is 9.90 Å². The maximum atomic E-state index is 12.6. The van der Waals surface area contributed by atoms with E-state index in [1.807, 2.05) is 18.2 Å². The van der Waals surface area contributed by atoms with Crippen LogP contribution >= 0.6 is 24.0 Å². The molecule has 1 aliphatic heterocycles. The minimum atomic E-state index is -0.0830. The molecule has 2 heterocycles. The van der Waals surface area contributed by atoms with Gasteiger partial charge >= 0.3 is 0 Å². The van der Waals surface area contributed by atoms with Gasteiger partial charge < -0.3 is 25.8 Å². The molecule has 39 heavy (non-hydrogen) atoms. The fraction of sp³-hybridized carbons (Fsp3) is 0.467. The van der Waals surface area contributed by atoms with Gasteiger partial charge in [-0.3, -0.25) is 9.78 Å². The van der Waals surface area contributed by atoms with Crippen LogP contribution in [-0.2, 0) is 0 Å². The number of phenols is 1. The smallest absolute Gasteiger partial charge is 0.176 e. The maximum absolute atomic E-state index is 12.6. The van der Waals surface area contributed by atoms with E-state index in [1.165, 1.54) is 26.4 Å². The van der Waals surface area contributed by atoms with E-state index in [1.54, 1.807) is 25.3 Å². The maximum Gasteiger partial charge on any atom is 0.176 e. The van der Waals surface area contributed by atoms with Crippen molar-refractivity contribution in [2.45, 2.75) is 57.5 Å². The molecule has 1 atom stereocenters. The van der Waals surface area contributed by atoms with E-state index in [-0.39, 0.29) is 29.0 Å². The van der Waals surface area contributed by atoms with Gasteiger partial charge in [0.05, 0.1) is 28.9 Å². The van der Waals surface area contributed by atoms with Crippen LogP contribution in [0, 0.1) is 5.92 Å². The van der Waals surface area contributed by atoms with Gasteiger partial charge in [0.1, 0.15) is 0 Å². The van der Waals surface area contributed by atoms with Crippen molar-refractivity contribution in [3.63, 3.8) is 0 Å². The molecule has 4 N–H and O–H groups in total. The molecule has 2 aromatic carbocycles. The molecule has 2 aliphatic rings. The number of aromatic nitrogens is 1. The number of likely N-dealkylation sites (tertiary alicyclic amines) is 1. The SMILES string of the molecule is COc1cc(-c2ccc3ncc(C(C)=O)c(N[C@H]4CC[C@H](CN5CCCC(N)C5)CC4)c3c2)cc(Cl)c1O.Cl. The summed E-state index contributed by atoms with van der Waals surface area (Å²) < 4.78 is 5.30. The first-order valence-corrected chi connectivity index (χ1v) is 13.9. The Labute approximate surface area is 241 Å². The van der Waals surface area contributed by atoms with Gasteiger partial charge in [0.25, 0.3) is 0 Å². The Hall–Kier alpha value is -2.58. The predicted molar refractivity (Wildman–Crippen MR) is 161 cm³/mol. The number of fused-ring (bicyclic) bond motifs is 1. The van der Waals surface area contributed by atoms with Gasteiger partial charge in [-0.1, -0.05) is 17.7 Å². The standard InChI is InChI=1S/C30H37ClN4O3.ClH/c1-18(36)25-15-33-27-10-7-20(21-13-26(31)30(37)28(14-21)38-2)12-24(27)29(25)34-23-8-5-19(6-9-23)16-35-11-3-4-22(32)17-35;/h7,10,12-15,19,22-23,37H,3-6,8-9,11,16-17,32H2,1-2H3,(H,33,34);1H/t19-,22?,23-;. The Morgan fingerprint density at radius 1 is 1.18 bits per heavy atom. The van der Waals surface area contributed by atoms with E-state index in [4.69, 9.17) is 22.1 Å². The number of piperidine rings is 1. The number of nitrogens with zero attached hydrogens (tertiary/aromatic N) is 2. The third kappa shape index (κ3) is 6.60. The number of ether oxygens (including phenoxy) is 1. The number of anilines is 1. The Balaban J connectivity index is 0.00000353. The average molecular weight is 574 g/mol. The molecule has 1 saturated carbocycles. The minimum Gasteiger partial charge on any atom is -0.503 e. The molecule has 1 aliphatic carbocycles. The molecule has 0 radical (unpaired) electrons. The van der Waals surface area contributed by atoms with Crippen molar-refractivity contribution in [3.05, 3.63) is 47.1 Å². The number of halogens is 2. The van der Waals surface area contributed by atoms with Crippen LogP contribution in [0.15, 0.2) is 36.5 Å². The van der Waals surface area contributed by atoms with Gasteiger partial charge in [0.15, 0.2) is 17.3 Å². The molecule has 9 heteroatoms. The summed E-state index contributed by atoms with van der Waals surface area (Å²) >= 11 is 6.26. The summed E-state index contributed by atoms with van der Waals surface area (Å²) in [4.78, 5) is 19.7. The number of rotatable bonds is 7. The van der Waals surface area contributed by atoms with Crippen LogP contribution in [-0.4, -0.2) is 59.6 Å². The molecule has 210 valence electrons. The zero-order valence-corrected chi connectivity index (χ0v) is 24.2. The largest absolute Gasteiger partial charge is 0.503 e. The van der Waals surface area contributed by atoms with Crippen molar-refractivity contribution in [2.24, 2.45) is 11.7 Å². The van der Waals surface area contributed by atoms with Crippen LogP contribution in [0.2, 0.25) is 5.02 Å². The number of hydrogen-bond donors (Lipinski definition) is 3. The zero-order chi connectivity index (χ0) is 26.8. The molecule has 1 saturated heterocycles. The monoisotopic (exact) mass is 572 g/mol. The number of phenolic OH excluding ortho intramolecular Hbond substituents is 1. The van der Waals surface area contributed by atoms with Gasteiger partial charge in [-0.05, 0) is 93.3 Å². The Morgan fingerprint density at radius 3 is 2.64 bits per heavy atom. The minimum absolute atomic E-state index is 0. The molecule has 1 aromatic heterocycles. The highest BCUT2D eigenvalue weighted by molar-refractivity contribution is 6.32. The molecule has 2 fully saturated rings. The number of methoxy groups -OCH3 is 1. The van der Waals surface area contributed by atoms with Crippen molar-refractivity contribution < 1.29 is 14.6 Å². The summed E-state index contributed by atoms with van der Waals surface area (Å²) in [6, 6.07) is 10.0. The molecule has 0 spiro atoms. The van der Waals surface area contributed by atoms with Gasteiger partial charge in [0, 0.05) is 36.8 Å². The van der Waals surface area contributed by atoms with Crippen LogP contribution in [0.4, 0.5) is 5.69 Å². The Kier molecular flexibility index (Phi) is 9.60. The molecule has 0 bridgehead atoms. The number of aromatic hydroxyl groups is 1. The third-order valence-electron chi connectivity index (χ3n) is 8.08. The highest BCUT2D eigenvalue weighted by atomic mass is 35.5. The summed E-state index contributed by atoms with van der Waals surface area (Å²) in [7, 11) is 1.50. The number of nitrogens with one attached hydrogen (secondary N) is 1. The summed E-state index contributed by atoms with van der Waals surface area (Å²) in [5.41, 5.74) is 10.1. The second-order valence-electron chi connectivity index (χ2n) is 10.9. The lowest BCUT2D eigenvalue weighted by molar-refractivity contribution is 0.101. The topological polar surface area (TPSA) is 101 Å². The summed E-state index contributed by atoms with van der Waals surface area (Å²) in [6.45, 7) is 4.91. The lowest BCUT2D eigenvalue weighted by Crippen LogP contribution is -2.45. The second kappa shape index (κ2) is 12.7. The highest BCUT2D eigenvalue weighted by Gasteiger charge is 2.26. The van der Waals surface area contributed by atoms with E-state index in [2.05, 4.69) is 15.2 Å². The van der Waals surface area contributed by atoms with E-state index < -0.39 is 0 Å². The first-order chi connectivity index (χ1) is 18.3. The molecular formula is C30H38Cl2N4O3. The fourth-order valence-electron chi connectivity index (χ4n) is 6.01. The molecule has 1 unspecified atom stereocenters. The Bertz CT molecular complexity index is 1330. The number of carbonyl (C=O) groups is 1. The lowest BCUT2D eigenvalue weighted by Gasteiger charge is -2.36. The molecule has 0 amide bonds. The normalized spacial score (nSPS) is 21.8. The zero-order valence-electron chi connectivity index (χ0n) is 22.6. The molecule has 5 rings (SSSR count). The van der Waals surface area contributed by atoms with Crippen LogP contribution in [0.25, 0.3) is 22.0 Å². The van der Waals surface area contributed by atoms with E-state index in [0.29, 0.717) is 29.3 Å². The average Bonchev–Trinajstić information content (AvgIpc) is 2.91. The van der Waals surface area contributed by atoms with Crippen LogP contribution in [0.5, 0.6) is 11.5 Å². The summed E-state index contributed by atoms with van der Waals surface area (Å²) in [5.74, 6) is 0.905. The Morgan fingerprint density at radius 2 is 1.95 bits per heavy atom. The summed E-state index contributed by atoms with van der Waals surface area (Å²) in [5, 5.41) is 15.0. The number of carbonyl (C=O) groups excluding carboxylic acids is 1. The lowest BCUT2D eigenvalue weighted by atomic mass is 9.85. The first-order valence-electron chi connectivity index (χ1n) is 13.6. The molecule has 3 aromatic rings. The first kappa shape index (κ1) is 29.4. The van der Waals surface area contributed by atoms with Crippen LogP contribution in [0.1, 0.15) is 55.8 Å². The highest BCUT2D eigenvalue weighted by Crippen LogP contribution is 2.40. The molecule has 7 nitrogen and oxygen atoms in total. The van der Waals surface area contributed by atoms with Crippen LogP contribution in [0.3, 0.4) is 0 Å². The number of Topliss-reactive ketones (excluding diaryl/α,β-unsaturated/α-hetero) is 1. The molecular weight excluding hydrogens is 535 g/mol.